The lowest BCUT2D eigenvalue weighted by molar-refractivity contribution is -0.122. The number of piperidine rings is 1. The van der Waals surface area contributed by atoms with Crippen LogP contribution in [0.3, 0.4) is 0 Å². The highest BCUT2D eigenvalue weighted by Crippen LogP contribution is 2.46. The number of aryl methyl sites for hydroxylation is 1. The van der Waals surface area contributed by atoms with E-state index in [9.17, 15) is 4.79 Å². The summed E-state index contributed by atoms with van der Waals surface area (Å²) in [5.41, 5.74) is 1.05. The number of carbonyl (C=O) groups excluding carboxylic acids is 1. The lowest BCUT2D eigenvalue weighted by Gasteiger charge is -2.47. The van der Waals surface area contributed by atoms with Crippen molar-refractivity contribution in [3.63, 3.8) is 0 Å². The van der Waals surface area contributed by atoms with Gasteiger partial charge in [-0.3, -0.25) is 9.69 Å². The van der Waals surface area contributed by atoms with Crippen LogP contribution in [0, 0.1) is 6.92 Å². The van der Waals surface area contributed by atoms with Crippen molar-refractivity contribution in [2.75, 3.05) is 13.1 Å². The fourth-order valence-corrected chi connectivity index (χ4v) is 5.68. The summed E-state index contributed by atoms with van der Waals surface area (Å²) in [4.78, 5) is 17.9. The van der Waals surface area contributed by atoms with Crippen LogP contribution in [0.4, 0.5) is 0 Å². The molecule has 1 saturated heterocycles. The van der Waals surface area contributed by atoms with Crippen molar-refractivity contribution < 1.29 is 9.53 Å². The molecule has 1 amide bonds. The minimum atomic E-state index is -0.140. The van der Waals surface area contributed by atoms with Gasteiger partial charge in [-0.15, -0.1) is 11.3 Å². The number of carbonyl (C=O) groups is 1. The third kappa shape index (κ3) is 4.84. The number of ether oxygens (including phenoxy) is 1. The average molecular weight is 413 g/mol. The first-order valence-electron chi connectivity index (χ1n) is 10.8. The van der Waals surface area contributed by atoms with E-state index in [1.165, 1.54) is 15.3 Å². The minimum absolute atomic E-state index is 0.140. The van der Waals surface area contributed by atoms with Gasteiger partial charge in [0.15, 0.2) is 0 Å². The molecule has 0 saturated carbocycles. The van der Waals surface area contributed by atoms with Gasteiger partial charge >= 0.3 is 0 Å². The molecule has 3 heterocycles. The molecule has 1 fully saturated rings. The van der Waals surface area contributed by atoms with Gasteiger partial charge in [0.1, 0.15) is 11.4 Å². The number of hydrogen-bond acceptors (Lipinski definition) is 4. The number of amides is 1. The van der Waals surface area contributed by atoms with E-state index in [2.05, 4.69) is 47.5 Å². The predicted molar refractivity (Wildman–Crippen MR) is 119 cm³/mol. The van der Waals surface area contributed by atoms with E-state index in [1.807, 2.05) is 31.3 Å². The smallest absolute Gasteiger partial charge is 0.220 e. The molecule has 156 valence electrons. The zero-order chi connectivity index (χ0) is 20.4. The van der Waals surface area contributed by atoms with E-state index < -0.39 is 0 Å². The zero-order valence-corrected chi connectivity index (χ0v) is 18.6. The Morgan fingerprint density at radius 3 is 2.69 bits per heavy atom. The highest BCUT2D eigenvalue weighted by Gasteiger charge is 2.43. The second kappa shape index (κ2) is 8.49. The van der Waals surface area contributed by atoms with Gasteiger partial charge in [-0.2, -0.15) is 0 Å². The molecule has 0 unspecified atom stereocenters. The molecule has 1 spiro atoms. The molecule has 5 heteroatoms. The maximum absolute atomic E-state index is 12.5. The second-order valence-corrected chi connectivity index (χ2v) is 10.3. The molecular weight excluding hydrogens is 380 g/mol. The Hall–Kier alpha value is -1.85. The van der Waals surface area contributed by atoms with E-state index in [1.54, 1.807) is 0 Å². The van der Waals surface area contributed by atoms with Crippen LogP contribution in [0.25, 0.3) is 0 Å². The number of nitrogens with one attached hydrogen (secondary N) is 1. The Morgan fingerprint density at radius 1 is 1.24 bits per heavy atom. The molecule has 1 aromatic heterocycles. The van der Waals surface area contributed by atoms with Gasteiger partial charge in [0.25, 0.3) is 0 Å². The summed E-state index contributed by atoms with van der Waals surface area (Å²) in [5, 5.41) is 3.06. The van der Waals surface area contributed by atoms with Crippen LogP contribution in [0.2, 0.25) is 0 Å². The van der Waals surface area contributed by atoms with Crippen molar-refractivity contribution >= 4 is 17.2 Å². The van der Waals surface area contributed by atoms with Crippen molar-refractivity contribution in [1.82, 2.24) is 10.2 Å². The summed E-state index contributed by atoms with van der Waals surface area (Å²) in [6.45, 7) is 9.33. The molecule has 2 aliphatic rings. The lowest BCUT2D eigenvalue weighted by Crippen LogP contribution is -2.50. The first-order valence-corrected chi connectivity index (χ1v) is 11.6. The third-order valence-electron chi connectivity index (χ3n) is 6.13. The Morgan fingerprint density at radius 2 is 2.00 bits per heavy atom. The van der Waals surface area contributed by atoms with Crippen molar-refractivity contribution in [1.29, 1.82) is 0 Å². The largest absolute Gasteiger partial charge is 0.487 e. The summed E-state index contributed by atoms with van der Waals surface area (Å²) >= 11 is 1.89. The molecule has 29 heavy (non-hydrogen) atoms. The molecule has 1 aromatic carbocycles. The maximum atomic E-state index is 12.5. The fourth-order valence-electron chi connectivity index (χ4n) is 4.75. The Kier molecular flexibility index (Phi) is 5.98. The van der Waals surface area contributed by atoms with Crippen LogP contribution < -0.4 is 10.1 Å². The van der Waals surface area contributed by atoms with E-state index >= 15 is 0 Å². The Bertz CT molecular complexity index is 852. The van der Waals surface area contributed by atoms with E-state index in [4.69, 9.17) is 4.74 Å². The number of thiophene rings is 1. The number of nitrogens with zero attached hydrogens (tertiary/aromatic N) is 1. The highest BCUT2D eigenvalue weighted by atomic mass is 32.1. The Labute approximate surface area is 178 Å². The first kappa shape index (κ1) is 20.4. The minimum Gasteiger partial charge on any atom is -0.487 e. The maximum Gasteiger partial charge on any atom is 0.220 e. The molecule has 0 aliphatic carbocycles. The van der Waals surface area contributed by atoms with Crippen molar-refractivity contribution in [2.45, 2.75) is 70.6 Å². The normalized spacial score (nSPS) is 21.0. The van der Waals surface area contributed by atoms with Crippen LogP contribution in [0.5, 0.6) is 5.75 Å². The molecule has 1 atom stereocenters. The van der Waals surface area contributed by atoms with Gasteiger partial charge in [-0.1, -0.05) is 18.2 Å². The van der Waals surface area contributed by atoms with Crippen LogP contribution >= 0.6 is 11.3 Å². The predicted octanol–water partition coefficient (Wildman–Crippen LogP) is 4.87. The number of benzene rings is 1. The zero-order valence-electron chi connectivity index (χ0n) is 17.7. The standard InChI is InChI=1S/C24H32N2O2S/c1-17(2)25-23(27)14-19-15-24(28-22-7-5-4-6-21(19)22)10-12-26(13-11-24)16-20-9-8-18(3)29-20/h4-9,17,19H,10-16H2,1-3H3,(H,25,27)/t19-/m1/s1. The molecule has 0 radical (unpaired) electrons. The summed E-state index contributed by atoms with van der Waals surface area (Å²) in [6.07, 6.45) is 3.52. The monoisotopic (exact) mass is 412 g/mol. The van der Waals surface area contributed by atoms with E-state index in [-0.39, 0.29) is 23.5 Å². The number of likely N-dealkylation sites (tertiary alicyclic amines) is 1. The second-order valence-electron chi connectivity index (χ2n) is 8.94. The fraction of sp³-hybridized carbons (Fsp3) is 0.542. The quantitative estimate of drug-likeness (QED) is 0.762. The van der Waals surface area contributed by atoms with E-state index in [0.29, 0.717) is 6.42 Å². The van der Waals surface area contributed by atoms with Gasteiger partial charge in [0.2, 0.25) is 5.91 Å². The van der Waals surface area contributed by atoms with Crippen molar-refractivity contribution in [2.24, 2.45) is 0 Å². The van der Waals surface area contributed by atoms with Gasteiger partial charge in [0.05, 0.1) is 0 Å². The molecule has 4 nitrogen and oxygen atoms in total. The van der Waals surface area contributed by atoms with Gasteiger partial charge in [-0.25, -0.2) is 0 Å². The van der Waals surface area contributed by atoms with Crippen LogP contribution in [0.1, 0.15) is 60.8 Å². The SMILES string of the molecule is Cc1ccc(CN2CCC3(CC2)C[C@@H](CC(=O)NC(C)C)c2ccccc2O3)s1. The van der Waals surface area contributed by atoms with Crippen LogP contribution in [-0.4, -0.2) is 35.5 Å². The molecule has 1 N–H and O–H groups in total. The third-order valence-corrected chi connectivity index (χ3v) is 7.11. The topological polar surface area (TPSA) is 41.6 Å². The number of para-hydroxylation sites is 1. The molecule has 2 aliphatic heterocycles. The summed E-state index contributed by atoms with van der Waals surface area (Å²) in [7, 11) is 0. The van der Waals surface area contributed by atoms with Crippen molar-refractivity contribution in [3.05, 3.63) is 51.7 Å². The Balaban J connectivity index is 1.45. The van der Waals surface area contributed by atoms with E-state index in [0.717, 1.165) is 44.6 Å². The summed E-state index contributed by atoms with van der Waals surface area (Å²) in [5.74, 6) is 1.34. The first-order chi connectivity index (χ1) is 13.9. The van der Waals surface area contributed by atoms with Gasteiger partial charge in [0, 0.05) is 47.8 Å². The molecule has 4 rings (SSSR count). The summed E-state index contributed by atoms with van der Waals surface area (Å²) in [6, 6.07) is 12.9. The average Bonchev–Trinajstić information content (AvgIpc) is 3.08. The number of hydrogen-bond donors (Lipinski definition) is 1. The van der Waals surface area contributed by atoms with Crippen LogP contribution in [0.15, 0.2) is 36.4 Å². The van der Waals surface area contributed by atoms with Gasteiger partial charge in [-0.05, 0) is 63.8 Å². The lowest BCUT2D eigenvalue weighted by atomic mass is 9.76. The molecular formula is C24H32N2O2S. The van der Waals surface area contributed by atoms with Crippen molar-refractivity contribution in [3.8, 4) is 5.75 Å². The molecule has 0 bridgehead atoms. The number of fused-ring (bicyclic) bond motifs is 1. The summed E-state index contributed by atoms with van der Waals surface area (Å²) < 4.78 is 6.60. The number of rotatable bonds is 5. The van der Waals surface area contributed by atoms with Gasteiger partial charge < -0.3 is 10.1 Å². The molecule has 2 aromatic rings. The van der Waals surface area contributed by atoms with Crippen LogP contribution in [-0.2, 0) is 11.3 Å². The highest BCUT2D eigenvalue weighted by molar-refractivity contribution is 7.11.